The lowest BCUT2D eigenvalue weighted by Gasteiger charge is -2.30. The van der Waals surface area contributed by atoms with Crippen LogP contribution in [0.2, 0.25) is 0 Å². The van der Waals surface area contributed by atoms with Crippen LogP contribution in [0.25, 0.3) is 11.4 Å². The number of hydrogen-bond acceptors (Lipinski definition) is 6. The van der Waals surface area contributed by atoms with E-state index in [0.717, 1.165) is 55.5 Å². The lowest BCUT2D eigenvalue weighted by Crippen LogP contribution is -2.43. The summed E-state index contributed by atoms with van der Waals surface area (Å²) in [7, 11) is 4.08. The van der Waals surface area contributed by atoms with Gasteiger partial charge in [-0.1, -0.05) is 33.2 Å². The number of nitrogens with zero attached hydrogens (tertiary/aromatic N) is 4. The molecule has 2 aromatic rings. The van der Waals surface area contributed by atoms with Gasteiger partial charge in [-0.05, 0) is 58.6 Å². The smallest absolute Gasteiger partial charge is 0.241 e. The highest BCUT2D eigenvalue weighted by Crippen LogP contribution is 2.22. The van der Waals surface area contributed by atoms with Gasteiger partial charge >= 0.3 is 0 Å². The molecule has 1 amide bonds. The zero-order valence-electron chi connectivity index (χ0n) is 16.5. The van der Waals surface area contributed by atoms with E-state index in [1.165, 1.54) is 0 Å². The maximum absolute atomic E-state index is 12.5. The molecule has 3 rings (SSSR count). The van der Waals surface area contributed by atoms with Crippen LogP contribution in [0.4, 0.5) is 0 Å². The van der Waals surface area contributed by atoms with Gasteiger partial charge in [-0.2, -0.15) is 4.98 Å². The van der Waals surface area contributed by atoms with Crippen LogP contribution in [0.5, 0.6) is 0 Å². The number of aromatic nitrogens is 2. The molecule has 7 nitrogen and oxygen atoms in total. The molecule has 1 aliphatic heterocycles. The molecule has 1 saturated heterocycles. The highest BCUT2D eigenvalue weighted by atomic mass is 79.9. The fourth-order valence-electron chi connectivity index (χ4n) is 3.42. The van der Waals surface area contributed by atoms with Crippen LogP contribution in [-0.2, 0) is 11.3 Å². The van der Waals surface area contributed by atoms with Crippen molar-refractivity contribution in [2.45, 2.75) is 25.8 Å². The Morgan fingerprint density at radius 3 is 3.07 bits per heavy atom. The van der Waals surface area contributed by atoms with Gasteiger partial charge in [0.2, 0.25) is 17.6 Å². The summed E-state index contributed by atoms with van der Waals surface area (Å²) in [5, 5.41) is 7.17. The Morgan fingerprint density at radius 1 is 1.43 bits per heavy atom. The molecule has 0 spiro atoms. The molecule has 1 N–H and O–H groups in total. The quantitative estimate of drug-likeness (QED) is 0.624. The first-order valence-electron chi connectivity index (χ1n) is 9.74. The molecule has 0 saturated carbocycles. The van der Waals surface area contributed by atoms with Crippen molar-refractivity contribution in [1.82, 2.24) is 25.3 Å². The number of halogens is 1. The predicted octanol–water partition coefficient (Wildman–Crippen LogP) is 2.78. The second kappa shape index (κ2) is 10.1. The molecular weight excluding hydrogens is 422 g/mol. The zero-order chi connectivity index (χ0) is 19.9. The van der Waals surface area contributed by atoms with E-state index in [2.05, 4.69) is 41.2 Å². The minimum absolute atomic E-state index is 0.0283. The van der Waals surface area contributed by atoms with Crippen LogP contribution in [0, 0.1) is 5.92 Å². The average molecular weight is 450 g/mol. The monoisotopic (exact) mass is 449 g/mol. The first-order valence-corrected chi connectivity index (χ1v) is 10.5. The molecule has 8 heteroatoms. The number of rotatable bonds is 8. The summed E-state index contributed by atoms with van der Waals surface area (Å²) in [5.74, 6) is 1.36. The summed E-state index contributed by atoms with van der Waals surface area (Å²) in [6.07, 6.45) is 2.90. The second-order valence-corrected chi connectivity index (χ2v) is 8.46. The van der Waals surface area contributed by atoms with E-state index in [9.17, 15) is 4.79 Å². The summed E-state index contributed by atoms with van der Waals surface area (Å²) >= 11 is 3.46. The molecular formula is C20H28BrN5O2. The summed E-state index contributed by atoms with van der Waals surface area (Å²) in [6.45, 7) is 3.96. The minimum Gasteiger partial charge on any atom is -0.356 e. The molecule has 1 unspecified atom stereocenters. The number of carbonyl (C=O) groups is 1. The third kappa shape index (κ3) is 6.12. The standard InChI is InChI=1S/C20H28BrN5O2/c1-25(2)10-5-9-22-20(27)16-7-4-11-26(13-16)14-18-23-19(24-28-18)15-6-3-8-17(21)12-15/h3,6,8,12,16H,4-5,7,9-11,13-14H2,1-2H3,(H,22,27). The van der Waals surface area contributed by atoms with Crippen molar-refractivity contribution < 1.29 is 9.32 Å². The largest absolute Gasteiger partial charge is 0.356 e. The van der Waals surface area contributed by atoms with Crippen molar-refractivity contribution in [3.05, 3.63) is 34.6 Å². The van der Waals surface area contributed by atoms with Crippen LogP contribution >= 0.6 is 15.9 Å². The van der Waals surface area contributed by atoms with Crippen LogP contribution < -0.4 is 5.32 Å². The van der Waals surface area contributed by atoms with Gasteiger partial charge < -0.3 is 14.7 Å². The molecule has 1 aromatic heterocycles. The Labute approximate surface area is 174 Å². The maximum Gasteiger partial charge on any atom is 0.241 e. The second-order valence-electron chi connectivity index (χ2n) is 7.54. The summed E-state index contributed by atoms with van der Waals surface area (Å²) in [4.78, 5) is 21.3. The molecule has 0 bridgehead atoms. The van der Waals surface area contributed by atoms with Gasteiger partial charge in [-0.25, -0.2) is 0 Å². The fourth-order valence-corrected chi connectivity index (χ4v) is 3.82. The van der Waals surface area contributed by atoms with Gasteiger partial charge in [-0.3, -0.25) is 9.69 Å². The van der Waals surface area contributed by atoms with Crippen LogP contribution in [0.1, 0.15) is 25.2 Å². The maximum atomic E-state index is 12.5. The molecule has 0 radical (unpaired) electrons. The molecule has 1 atom stereocenters. The lowest BCUT2D eigenvalue weighted by molar-refractivity contribution is -0.126. The predicted molar refractivity (Wildman–Crippen MR) is 112 cm³/mol. The van der Waals surface area contributed by atoms with E-state index in [4.69, 9.17) is 4.52 Å². The minimum atomic E-state index is 0.0283. The van der Waals surface area contributed by atoms with Crippen molar-refractivity contribution >= 4 is 21.8 Å². The van der Waals surface area contributed by atoms with Crippen LogP contribution in [0.15, 0.2) is 33.3 Å². The summed E-state index contributed by atoms with van der Waals surface area (Å²) < 4.78 is 6.41. The third-order valence-electron chi connectivity index (χ3n) is 4.87. The lowest BCUT2D eigenvalue weighted by atomic mass is 9.97. The Balaban J connectivity index is 1.50. The van der Waals surface area contributed by atoms with E-state index in [1.807, 2.05) is 38.4 Å². The van der Waals surface area contributed by atoms with Crippen LogP contribution in [0.3, 0.4) is 0 Å². The van der Waals surface area contributed by atoms with E-state index in [0.29, 0.717) is 18.3 Å². The number of carbonyl (C=O) groups excluding carboxylic acids is 1. The number of nitrogens with one attached hydrogen (secondary N) is 1. The molecule has 2 heterocycles. The van der Waals surface area contributed by atoms with Crippen molar-refractivity contribution in [3.8, 4) is 11.4 Å². The van der Waals surface area contributed by atoms with Gasteiger partial charge in [0, 0.05) is 23.1 Å². The first-order chi connectivity index (χ1) is 13.5. The van der Waals surface area contributed by atoms with E-state index in [-0.39, 0.29) is 11.8 Å². The van der Waals surface area contributed by atoms with Crippen molar-refractivity contribution in [1.29, 1.82) is 0 Å². The van der Waals surface area contributed by atoms with Crippen molar-refractivity contribution in [3.63, 3.8) is 0 Å². The van der Waals surface area contributed by atoms with Crippen molar-refractivity contribution in [2.24, 2.45) is 5.92 Å². The SMILES string of the molecule is CN(C)CCCNC(=O)C1CCCN(Cc2nc(-c3cccc(Br)c3)no2)C1. The third-order valence-corrected chi connectivity index (χ3v) is 5.36. The average Bonchev–Trinajstić information content (AvgIpc) is 3.13. The molecule has 1 aliphatic rings. The summed E-state index contributed by atoms with van der Waals surface area (Å²) in [6, 6.07) is 7.83. The highest BCUT2D eigenvalue weighted by molar-refractivity contribution is 9.10. The zero-order valence-corrected chi connectivity index (χ0v) is 18.1. The number of piperidine rings is 1. The van der Waals surface area contributed by atoms with Gasteiger partial charge in [0.25, 0.3) is 0 Å². The first kappa shape index (κ1) is 21.0. The fraction of sp³-hybridized carbons (Fsp3) is 0.550. The van der Waals surface area contributed by atoms with Gasteiger partial charge in [0.1, 0.15) is 0 Å². The Bertz CT molecular complexity index is 779. The van der Waals surface area contributed by atoms with Crippen molar-refractivity contribution in [2.75, 3.05) is 40.3 Å². The van der Waals surface area contributed by atoms with E-state index in [1.54, 1.807) is 0 Å². The van der Waals surface area contributed by atoms with E-state index >= 15 is 0 Å². The summed E-state index contributed by atoms with van der Waals surface area (Å²) in [5.41, 5.74) is 0.915. The number of likely N-dealkylation sites (tertiary alicyclic amines) is 1. The molecule has 1 aromatic carbocycles. The van der Waals surface area contributed by atoms with Gasteiger partial charge in [0.15, 0.2) is 0 Å². The molecule has 28 heavy (non-hydrogen) atoms. The number of hydrogen-bond donors (Lipinski definition) is 1. The Kier molecular flexibility index (Phi) is 7.58. The molecule has 152 valence electrons. The van der Waals surface area contributed by atoms with Gasteiger partial charge in [0.05, 0.1) is 12.5 Å². The Hall–Kier alpha value is -1.77. The molecule has 0 aliphatic carbocycles. The van der Waals surface area contributed by atoms with Gasteiger partial charge in [-0.15, -0.1) is 0 Å². The topological polar surface area (TPSA) is 74.5 Å². The Morgan fingerprint density at radius 2 is 2.29 bits per heavy atom. The normalized spacial score (nSPS) is 17.8. The number of amides is 1. The molecule has 1 fully saturated rings. The number of benzene rings is 1. The highest BCUT2D eigenvalue weighted by Gasteiger charge is 2.26. The van der Waals surface area contributed by atoms with E-state index < -0.39 is 0 Å². The van der Waals surface area contributed by atoms with Crippen LogP contribution in [-0.4, -0.2) is 66.1 Å².